The number of nitrogens with two attached hydrogens (primary N) is 1. The maximum Gasteiger partial charge on any atom is 0.0595 e. The molecule has 0 aromatic carbocycles. The van der Waals surface area contributed by atoms with Crippen LogP contribution in [0.15, 0.2) is 12.3 Å². The standard InChI is InChI=1S/C12H25N3/c1-11-7-4-5-10-15(11)12(2)14(3)9-6-8-13/h6,8,11-12H,4-5,7,9-10,13H2,1-3H3/b8-6-. The van der Waals surface area contributed by atoms with E-state index >= 15 is 0 Å². The fraction of sp³-hybridized carbons (Fsp3) is 0.833. The number of hydrogen-bond donors (Lipinski definition) is 1. The van der Waals surface area contributed by atoms with E-state index in [1.807, 2.05) is 6.08 Å². The van der Waals surface area contributed by atoms with Gasteiger partial charge >= 0.3 is 0 Å². The van der Waals surface area contributed by atoms with Gasteiger partial charge < -0.3 is 5.73 Å². The van der Waals surface area contributed by atoms with Crippen molar-refractivity contribution in [1.29, 1.82) is 0 Å². The van der Waals surface area contributed by atoms with Gasteiger partial charge in [-0.3, -0.25) is 9.80 Å². The van der Waals surface area contributed by atoms with Gasteiger partial charge in [-0.2, -0.15) is 0 Å². The van der Waals surface area contributed by atoms with E-state index in [4.69, 9.17) is 5.73 Å². The Morgan fingerprint density at radius 2 is 2.27 bits per heavy atom. The van der Waals surface area contributed by atoms with Crippen molar-refractivity contribution in [2.45, 2.75) is 45.3 Å². The van der Waals surface area contributed by atoms with Gasteiger partial charge in [-0.1, -0.05) is 12.5 Å². The lowest BCUT2D eigenvalue weighted by atomic mass is 10.0. The molecule has 1 aliphatic heterocycles. The molecule has 1 aliphatic rings. The Hall–Kier alpha value is -0.540. The van der Waals surface area contributed by atoms with Gasteiger partial charge in [0.1, 0.15) is 0 Å². The van der Waals surface area contributed by atoms with E-state index in [1.165, 1.54) is 25.8 Å². The summed E-state index contributed by atoms with van der Waals surface area (Å²) in [6, 6.07) is 0.720. The summed E-state index contributed by atoms with van der Waals surface area (Å²) in [5.41, 5.74) is 5.36. The smallest absolute Gasteiger partial charge is 0.0595 e. The molecule has 0 amide bonds. The van der Waals surface area contributed by atoms with Crippen molar-refractivity contribution in [2.75, 3.05) is 20.1 Å². The van der Waals surface area contributed by atoms with E-state index < -0.39 is 0 Å². The lowest BCUT2D eigenvalue weighted by molar-refractivity contribution is 0.0296. The molecule has 2 N–H and O–H groups in total. The van der Waals surface area contributed by atoms with Crippen LogP contribution in [0.4, 0.5) is 0 Å². The van der Waals surface area contributed by atoms with Crippen LogP contribution in [0.1, 0.15) is 33.1 Å². The summed E-state index contributed by atoms with van der Waals surface area (Å²) < 4.78 is 0. The Bertz CT molecular complexity index is 203. The Labute approximate surface area is 93.9 Å². The molecule has 0 aliphatic carbocycles. The zero-order valence-electron chi connectivity index (χ0n) is 10.3. The van der Waals surface area contributed by atoms with Crippen molar-refractivity contribution >= 4 is 0 Å². The number of likely N-dealkylation sites (tertiary alicyclic amines) is 1. The molecule has 0 saturated carbocycles. The number of hydrogen-bond acceptors (Lipinski definition) is 3. The van der Waals surface area contributed by atoms with Crippen molar-refractivity contribution in [1.82, 2.24) is 9.80 Å². The van der Waals surface area contributed by atoms with Crippen LogP contribution in [-0.2, 0) is 0 Å². The highest BCUT2D eigenvalue weighted by Crippen LogP contribution is 2.20. The highest BCUT2D eigenvalue weighted by Gasteiger charge is 2.24. The van der Waals surface area contributed by atoms with Gasteiger partial charge in [-0.05, 0) is 46.5 Å². The van der Waals surface area contributed by atoms with E-state index in [0.717, 1.165) is 12.6 Å². The van der Waals surface area contributed by atoms with Crippen LogP contribution < -0.4 is 5.73 Å². The highest BCUT2D eigenvalue weighted by atomic mass is 15.3. The number of rotatable bonds is 4. The van der Waals surface area contributed by atoms with Crippen molar-refractivity contribution in [3.05, 3.63) is 12.3 Å². The number of likely N-dealkylation sites (N-methyl/N-ethyl adjacent to an activating group) is 1. The second-order valence-electron chi connectivity index (χ2n) is 4.58. The van der Waals surface area contributed by atoms with E-state index in [-0.39, 0.29) is 0 Å². The molecule has 0 radical (unpaired) electrons. The Kier molecular flexibility index (Phi) is 5.12. The van der Waals surface area contributed by atoms with Crippen molar-refractivity contribution in [2.24, 2.45) is 5.73 Å². The molecule has 2 unspecified atom stereocenters. The third-order valence-corrected chi connectivity index (χ3v) is 3.50. The van der Waals surface area contributed by atoms with Gasteiger partial charge in [0.15, 0.2) is 0 Å². The molecular formula is C12H25N3. The van der Waals surface area contributed by atoms with E-state index in [0.29, 0.717) is 6.17 Å². The maximum absolute atomic E-state index is 5.36. The van der Waals surface area contributed by atoms with Crippen LogP contribution in [0.2, 0.25) is 0 Å². The van der Waals surface area contributed by atoms with Gasteiger partial charge in [0.25, 0.3) is 0 Å². The third-order valence-electron chi connectivity index (χ3n) is 3.50. The monoisotopic (exact) mass is 211 g/mol. The minimum Gasteiger partial charge on any atom is -0.405 e. The summed E-state index contributed by atoms with van der Waals surface area (Å²) in [6.45, 7) is 6.79. The molecule has 3 heteroatoms. The van der Waals surface area contributed by atoms with Crippen LogP contribution in [0, 0.1) is 0 Å². The summed E-state index contributed by atoms with van der Waals surface area (Å²) >= 11 is 0. The predicted octanol–water partition coefficient (Wildman–Crippen LogP) is 1.61. The summed E-state index contributed by atoms with van der Waals surface area (Å²) in [5.74, 6) is 0. The van der Waals surface area contributed by atoms with Gasteiger partial charge in [-0.25, -0.2) is 0 Å². The Balaban J connectivity index is 2.45. The van der Waals surface area contributed by atoms with Crippen LogP contribution in [-0.4, -0.2) is 42.1 Å². The molecule has 0 aromatic heterocycles. The first-order valence-corrected chi connectivity index (χ1v) is 5.99. The van der Waals surface area contributed by atoms with Crippen LogP contribution in [0.25, 0.3) is 0 Å². The number of nitrogens with zero attached hydrogens (tertiary/aromatic N) is 2. The maximum atomic E-state index is 5.36. The second kappa shape index (κ2) is 6.13. The average Bonchev–Trinajstić information content (AvgIpc) is 2.25. The Morgan fingerprint density at radius 3 is 2.87 bits per heavy atom. The highest BCUT2D eigenvalue weighted by molar-refractivity contribution is 4.83. The first-order chi connectivity index (χ1) is 7.16. The largest absolute Gasteiger partial charge is 0.405 e. The molecule has 1 saturated heterocycles. The van der Waals surface area contributed by atoms with Crippen molar-refractivity contribution in [3.63, 3.8) is 0 Å². The quantitative estimate of drug-likeness (QED) is 0.767. The predicted molar refractivity (Wildman–Crippen MR) is 65.4 cm³/mol. The Morgan fingerprint density at radius 1 is 1.53 bits per heavy atom. The summed E-state index contributed by atoms with van der Waals surface area (Å²) in [7, 11) is 2.16. The summed E-state index contributed by atoms with van der Waals surface area (Å²) in [5, 5.41) is 0. The van der Waals surface area contributed by atoms with Crippen molar-refractivity contribution in [3.8, 4) is 0 Å². The molecule has 15 heavy (non-hydrogen) atoms. The zero-order valence-corrected chi connectivity index (χ0v) is 10.3. The first kappa shape index (κ1) is 12.5. The van der Waals surface area contributed by atoms with Gasteiger partial charge in [0.05, 0.1) is 6.17 Å². The fourth-order valence-corrected chi connectivity index (χ4v) is 2.31. The summed E-state index contributed by atoms with van der Waals surface area (Å²) in [6.07, 6.45) is 8.21. The average molecular weight is 211 g/mol. The molecule has 1 fully saturated rings. The molecule has 1 heterocycles. The molecule has 3 nitrogen and oxygen atoms in total. The van der Waals surface area contributed by atoms with Crippen molar-refractivity contribution < 1.29 is 0 Å². The third kappa shape index (κ3) is 3.50. The summed E-state index contributed by atoms with van der Waals surface area (Å²) in [4.78, 5) is 4.93. The minimum absolute atomic E-state index is 0.511. The first-order valence-electron chi connectivity index (χ1n) is 5.99. The van der Waals surface area contributed by atoms with Gasteiger partial charge in [-0.15, -0.1) is 0 Å². The lowest BCUT2D eigenvalue weighted by Gasteiger charge is -2.41. The van der Waals surface area contributed by atoms with Gasteiger partial charge in [0.2, 0.25) is 0 Å². The van der Waals surface area contributed by atoms with E-state index in [9.17, 15) is 0 Å². The van der Waals surface area contributed by atoms with Gasteiger partial charge in [0, 0.05) is 12.6 Å². The van der Waals surface area contributed by atoms with Crippen LogP contribution in [0.5, 0.6) is 0 Å². The fourth-order valence-electron chi connectivity index (χ4n) is 2.31. The van der Waals surface area contributed by atoms with Crippen LogP contribution >= 0.6 is 0 Å². The normalized spacial score (nSPS) is 26.3. The van der Waals surface area contributed by atoms with Crippen LogP contribution in [0.3, 0.4) is 0 Å². The zero-order chi connectivity index (χ0) is 11.3. The molecule has 88 valence electrons. The molecule has 0 spiro atoms. The molecular weight excluding hydrogens is 186 g/mol. The van der Waals surface area contributed by atoms with E-state index in [1.54, 1.807) is 6.20 Å². The minimum atomic E-state index is 0.511. The SMILES string of the molecule is CC1CCCCN1C(C)N(C)C/C=C\N. The molecule has 0 aromatic rings. The molecule has 2 atom stereocenters. The number of piperidine rings is 1. The van der Waals surface area contributed by atoms with E-state index in [2.05, 4.69) is 30.7 Å². The lowest BCUT2D eigenvalue weighted by Crippen LogP contribution is -2.50. The topological polar surface area (TPSA) is 32.5 Å². The molecule has 0 bridgehead atoms. The second-order valence-corrected chi connectivity index (χ2v) is 4.58. The molecule has 1 rings (SSSR count).